The van der Waals surface area contributed by atoms with E-state index in [0.29, 0.717) is 28.4 Å². The van der Waals surface area contributed by atoms with Gasteiger partial charge in [0, 0.05) is 6.20 Å². The third-order valence-electron chi connectivity index (χ3n) is 3.01. The van der Waals surface area contributed by atoms with Gasteiger partial charge in [-0.15, -0.1) is 4.73 Å². The van der Waals surface area contributed by atoms with Crippen LogP contribution in [0.3, 0.4) is 0 Å². The molecule has 0 saturated carbocycles. The molecule has 0 saturated heterocycles. The number of methoxy groups -OCH3 is 1. The van der Waals surface area contributed by atoms with Gasteiger partial charge in [0.25, 0.3) is 5.56 Å². The van der Waals surface area contributed by atoms with E-state index in [9.17, 15) is 4.79 Å². The Balaban J connectivity index is 2.19. The van der Waals surface area contributed by atoms with Gasteiger partial charge in [-0.2, -0.15) is 0 Å². The lowest BCUT2D eigenvalue weighted by Crippen LogP contribution is -2.27. The first-order valence-electron chi connectivity index (χ1n) is 6.36. The van der Waals surface area contributed by atoms with Crippen molar-refractivity contribution < 1.29 is 9.57 Å². The highest BCUT2D eigenvalue weighted by atomic mass is 16.7. The summed E-state index contributed by atoms with van der Waals surface area (Å²) < 4.78 is 6.30. The number of hydrogen-bond donors (Lipinski definition) is 0. The molecule has 2 heterocycles. The molecule has 0 aliphatic heterocycles. The van der Waals surface area contributed by atoms with Crippen molar-refractivity contribution in [3.63, 3.8) is 0 Å². The van der Waals surface area contributed by atoms with Crippen molar-refractivity contribution in [1.82, 2.24) is 14.7 Å². The number of para-hydroxylation sites is 1. The Morgan fingerprint density at radius 1 is 1.14 bits per heavy atom. The molecule has 6 heteroatoms. The van der Waals surface area contributed by atoms with Crippen LogP contribution >= 0.6 is 0 Å². The second-order valence-electron chi connectivity index (χ2n) is 4.38. The summed E-state index contributed by atoms with van der Waals surface area (Å²) >= 11 is 0. The number of nitrogens with zero attached hydrogens (tertiary/aromatic N) is 3. The zero-order valence-electron chi connectivity index (χ0n) is 11.6. The Bertz CT molecular complexity index is 844. The third kappa shape index (κ3) is 2.31. The van der Waals surface area contributed by atoms with Crippen LogP contribution < -0.4 is 15.1 Å². The Hall–Kier alpha value is -2.89. The van der Waals surface area contributed by atoms with Gasteiger partial charge in [-0.25, -0.2) is 9.97 Å². The quantitative estimate of drug-likeness (QED) is 0.735. The molecule has 1 aromatic carbocycles. The number of hydrogen-bond acceptors (Lipinski definition) is 5. The normalized spacial score (nSPS) is 10.6. The van der Waals surface area contributed by atoms with Crippen LogP contribution in [0, 0.1) is 6.92 Å². The predicted octanol–water partition coefficient (Wildman–Crippen LogP) is 1.95. The van der Waals surface area contributed by atoms with E-state index in [0.717, 1.165) is 4.73 Å². The lowest BCUT2D eigenvalue weighted by molar-refractivity contribution is 0.195. The first-order chi connectivity index (χ1) is 10.2. The zero-order chi connectivity index (χ0) is 14.8. The number of pyridine rings is 1. The molecule has 21 heavy (non-hydrogen) atoms. The van der Waals surface area contributed by atoms with Crippen LogP contribution in [0.15, 0.2) is 47.4 Å². The molecule has 0 bridgehead atoms. The van der Waals surface area contributed by atoms with Crippen molar-refractivity contribution in [3.05, 3.63) is 58.8 Å². The van der Waals surface area contributed by atoms with Gasteiger partial charge in [0.15, 0.2) is 5.75 Å². The molecule has 0 spiro atoms. The summed E-state index contributed by atoms with van der Waals surface area (Å²) in [4.78, 5) is 26.5. The Morgan fingerprint density at radius 3 is 2.62 bits per heavy atom. The van der Waals surface area contributed by atoms with Crippen molar-refractivity contribution >= 4 is 10.9 Å². The van der Waals surface area contributed by atoms with Gasteiger partial charge < -0.3 is 9.57 Å². The molecular weight excluding hydrogens is 270 g/mol. The molecule has 3 aromatic rings. The van der Waals surface area contributed by atoms with E-state index >= 15 is 0 Å². The van der Waals surface area contributed by atoms with Crippen molar-refractivity contribution in [2.24, 2.45) is 0 Å². The third-order valence-corrected chi connectivity index (χ3v) is 3.01. The maximum atomic E-state index is 12.5. The number of rotatable bonds is 3. The fourth-order valence-electron chi connectivity index (χ4n) is 2.02. The number of fused-ring (bicyclic) bond motifs is 1. The first-order valence-corrected chi connectivity index (χ1v) is 6.36. The van der Waals surface area contributed by atoms with Crippen molar-refractivity contribution in [1.29, 1.82) is 0 Å². The molecule has 0 aliphatic carbocycles. The molecule has 0 radical (unpaired) electrons. The number of aromatic nitrogens is 3. The number of aryl methyl sites for hydroxylation is 1. The maximum absolute atomic E-state index is 12.5. The summed E-state index contributed by atoms with van der Waals surface area (Å²) in [6.45, 7) is 1.69. The highest BCUT2D eigenvalue weighted by molar-refractivity contribution is 5.81. The summed E-state index contributed by atoms with van der Waals surface area (Å²) in [5.41, 5.74) is 0.123. The number of ether oxygens (including phenoxy) is 1. The van der Waals surface area contributed by atoms with Gasteiger partial charge in [-0.3, -0.25) is 4.79 Å². The largest absolute Gasteiger partial charge is 0.479 e. The molecule has 3 rings (SSSR count). The van der Waals surface area contributed by atoms with Crippen molar-refractivity contribution in [2.45, 2.75) is 6.92 Å². The average Bonchev–Trinajstić information content (AvgIpc) is 2.52. The minimum absolute atomic E-state index is 0.304. The summed E-state index contributed by atoms with van der Waals surface area (Å²) in [7, 11) is 1.49. The summed E-state index contributed by atoms with van der Waals surface area (Å²) in [6.07, 6.45) is 1.51. The van der Waals surface area contributed by atoms with Gasteiger partial charge >= 0.3 is 0 Å². The van der Waals surface area contributed by atoms with Crippen LogP contribution in [0.5, 0.6) is 11.6 Å². The first kappa shape index (κ1) is 13.1. The van der Waals surface area contributed by atoms with Crippen LogP contribution in [0.4, 0.5) is 0 Å². The summed E-state index contributed by atoms with van der Waals surface area (Å²) in [5.74, 6) is 1.30. The second kappa shape index (κ2) is 5.24. The highest BCUT2D eigenvalue weighted by Gasteiger charge is 2.13. The minimum Gasteiger partial charge on any atom is -0.479 e. The fourth-order valence-corrected chi connectivity index (χ4v) is 2.02. The lowest BCUT2D eigenvalue weighted by atomic mass is 10.3. The van der Waals surface area contributed by atoms with Gasteiger partial charge in [0.1, 0.15) is 11.3 Å². The molecule has 0 unspecified atom stereocenters. The Labute approximate surface area is 120 Å². The molecule has 0 amide bonds. The van der Waals surface area contributed by atoms with E-state index < -0.39 is 0 Å². The monoisotopic (exact) mass is 283 g/mol. The molecule has 0 aliphatic rings. The van der Waals surface area contributed by atoms with Crippen molar-refractivity contribution in [3.8, 4) is 11.6 Å². The van der Waals surface area contributed by atoms with Gasteiger partial charge in [0.05, 0.1) is 12.5 Å². The smallest absolute Gasteiger partial charge is 0.294 e. The van der Waals surface area contributed by atoms with E-state index in [1.54, 1.807) is 25.1 Å². The number of benzene rings is 1. The molecule has 0 atom stereocenters. The van der Waals surface area contributed by atoms with Gasteiger partial charge in [0.2, 0.25) is 5.88 Å². The molecule has 6 nitrogen and oxygen atoms in total. The van der Waals surface area contributed by atoms with Crippen molar-refractivity contribution in [2.75, 3.05) is 7.11 Å². The molecule has 0 fully saturated rings. The Kier molecular flexibility index (Phi) is 3.27. The van der Waals surface area contributed by atoms with E-state index in [-0.39, 0.29) is 5.56 Å². The summed E-state index contributed by atoms with van der Waals surface area (Å²) in [6, 6.07) is 10.7. The minimum atomic E-state index is -0.304. The van der Waals surface area contributed by atoms with Crippen LogP contribution in [-0.4, -0.2) is 21.8 Å². The summed E-state index contributed by atoms with van der Waals surface area (Å²) in [5, 5.41) is 0.392. The zero-order valence-corrected chi connectivity index (χ0v) is 11.6. The molecule has 2 aromatic heterocycles. The standard InChI is InChI=1S/C15H13N3O3/c1-10-17-13-12(8-9-16-14(13)20-2)15(19)18(10)21-11-6-4-3-5-7-11/h3-9H,1-2H3. The Morgan fingerprint density at radius 2 is 1.90 bits per heavy atom. The van der Waals surface area contributed by atoms with Gasteiger partial charge in [-0.05, 0) is 25.1 Å². The van der Waals surface area contributed by atoms with Crippen LogP contribution in [0.1, 0.15) is 5.82 Å². The van der Waals surface area contributed by atoms with Crippen LogP contribution in [0.2, 0.25) is 0 Å². The van der Waals surface area contributed by atoms with Crippen LogP contribution in [0.25, 0.3) is 10.9 Å². The SMILES string of the molecule is COc1nccc2c(=O)n(Oc3ccccc3)c(C)nc12. The van der Waals surface area contributed by atoms with Gasteiger partial charge in [-0.1, -0.05) is 18.2 Å². The van der Waals surface area contributed by atoms with Crippen LogP contribution in [-0.2, 0) is 0 Å². The van der Waals surface area contributed by atoms with E-state index in [4.69, 9.17) is 9.57 Å². The topological polar surface area (TPSA) is 66.2 Å². The molecule has 106 valence electrons. The molecule has 0 N–H and O–H groups in total. The van der Waals surface area contributed by atoms with E-state index in [1.807, 2.05) is 18.2 Å². The lowest BCUT2D eigenvalue weighted by Gasteiger charge is -2.12. The highest BCUT2D eigenvalue weighted by Crippen LogP contribution is 2.18. The van der Waals surface area contributed by atoms with E-state index in [1.165, 1.54) is 13.3 Å². The maximum Gasteiger partial charge on any atom is 0.294 e. The predicted molar refractivity (Wildman–Crippen MR) is 77.6 cm³/mol. The molecular formula is C15H13N3O3. The fraction of sp³-hybridized carbons (Fsp3) is 0.133. The second-order valence-corrected chi connectivity index (χ2v) is 4.38. The van der Waals surface area contributed by atoms with E-state index in [2.05, 4.69) is 9.97 Å². The average molecular weight is 283 g/mol.